The molecule has 1 aliphatic heterocycles. The second-order valence-corrected chi connectivity index (χ2v) is 6.01. The Morgan fingerprint density at radius 2 is 2.08 bits per heavy atom. The molecule has 7 heteroatoms. The molecule has 0 saturated carbocycles. The number of hydrogen-bond acceptors (Lipinski definition) is 6. The van der Waals surface area contributed by atoms with Crippen molar-refractivity contribution in [1.82, 2.24) is 10.2 Å². The van der Waals surface area contributed by atoms with Gasteiger partial charge in [-0.2, -0.15) is 0 Å². The average Bonchev–Trinajstić information content (AvgIpc) is 2.92. The molecule has 138 valence electrons. The summed E-state index contributed by atoms with van der Waals surface area (Å²) in [5.41, 5.74) is 1.99. The van der Waals surface area contributed by atoms with E-state index < -0.39 is 5.97 Å². The summed E-state index contributed by atoms with van der Waals surface area (Å²) in [6.45, 7) is 8.38. The van der Waals surface area contributed by atoms with E-state index in [9.17, 15) is 4.79 Å². The van der Waals surface area contributed by atoms with Crippen molar-refractivity contribution in [3.8, 4) is 5.75 Å². The van der Waals surface area contributed by atoms with Crippen LogP contribution in [0.25, 0.3) is 0 Å². The van der Waals surface area contributed by atoms with Gasteiger partial charge in [-0.25, -0.2) is 4.79 Å². The van der Waals surface area contributed by atoms with Gasteiger partial charge in [0.25, 0.3) is 0 Å². The molecule has 0 radical (unpaired) electrons. The molecule has 1 aromatic carbocycles. The quantitative estimate of drug-likeness (QED) is 0.744. The molecule has 2 unspecified atom stereocenters. The number of ether oxygens (including phenoxy) is 3. The van der Waals surface area contributed by atoms with Crippen molar-refractivity contribution in [1.29, 1.82) is 0 Å². The number of benzene rings is 1. The number of nitrogens with zero attached hydrogens (tertiary/aromatic N) is 1. The summed E-state index contributed by atoms with van der Waals surface area (Å²) in [6, 6.07) is 5.40. The Bertz CT molecular complexity index is 662. The molecule has 6 nitrogen and oxygen atoms in total. The number of hydrogen-bond donors (Lipinski definition) is 1. The van der Waals surface area contributed by atoms with Crippen LogP contribution in [0.3, 0.4) is 0 Å². The Balaban J connectivity index is 2.47. The highest BCUT2D eigenvalue weighted by Gasteiger charge is 2.38. The van der Waals surface area contributed by atoms with Gasteiger partial charge in [0.2, 0.25) is 0 Å². The Labute approximate surface area is 153 Å². The lowest BCUT2D eigenvalue weighted by Crippen LogP contribution is -2.37. The molecular formula is C18H25ClN2O4. The topological polar surface area (TPSA) is 60.0 Å². The maximum Gasteiger partial charge on any atom is 0.356 e. The van der Waals surface area contributed by atoms with Crippen molar-refractivity contribution in [2.45, 2.75) is 40.1 Å². The fourth-order valence-electron chi connectivity index (χ4n) is 2.99. The molecule has 0 aliphatic carbocycles. The summed E-state index contributed by atoms with van der Waals surface area (Å²) in [4.78, 5) is 14.3. The summed E-state index contributed by atoms with van der Waals surface area (Å²) in [7, 11) is 1.60. The molecule has 1 heterocycles. The summed E-state index contributed by atoms with van der Waals surface area (Å²) in [6.07, 6.45) is -0.604. The SMILES string of the molecule is CCOC(=O)C1=C(C)N(C(C)OCC)C(c2cc(Cl)ccc2OC)N1. The van der Waals surface area contributed by atoms with Crippen molar-refractivity contribution >= 4 is 17.6 Å². The highest BCUT2D eigenvalue weighted by molar-refractivity contribution is 6.30. The van der Waals surface area contributed by atoms with Crippen LogP contribution < -0.4 is 10.1 Å². The van der Waals surface area contributed by atoms with Gasteiger partial charge in [-0.1, -0.05) is 11.6 Å². The van der Waals surface area contributed by atoms with Crippen LogP contribution in [0.1, 0.15) is 39.4 Å². The molecule has 1 N–H and O–H groups in total. The van der Waals surface area contributed by atoms with Crippen molar-refractivity contribution in [2.24, 2.45) is 0 Å². The molecule has 0 aromatic heterocycles. The normalized spacial score (nSPS) is 18.2. The zero-order chi connectivity index (χ0) is 18.6. The van der Waals surface area contributed by atoms with E-state index >= 15 is 0 Å². The lowest BCUT2D eigenvalue weighted by atomic mass is 10.1. The first kappa shape index (κ1) is 19.4. The largest absolute Gasteiger partial charge is 0.496 e. The number of carbonyl (C=O) groups excluding carboxylic acids is 1. The maximum atomic E-state index is 12.3. The fourth-order valence-corrected chi connectivity index (χ4v) is 3.17. The first-order valence-corrected chi connectivity index (χ1v) is 8.70. The van der Waals surface area contributed by atoms with E-state index in [1.165, 1.54) is 0 Å². The predicted octanol–water partition coefficient (Wildman–Crippen LogP) is 3.43. The van der Waals surface area contributed by atoms with Crippen molar-refractivity contribution in [3.05, 3.63) is 40.2 Å². The zero-order valence-electron chi connectivity index (χ0n) is 15.3. The lowest BCUT2D eigenvalue weighted by molar-refractivity contribution is -0.138. The Hall–Kier alpha value is -1.92. The van der Waals surface area contributed by atoms with Crippen molar-refractivity contribution < 1.29 is 19.0 Å². The molecular weight excluding hydrogens is 344 g/mol. The van der Waals surface area contributed by atoms with Crippen LogP contribution in [0.2, 0.25) is 5.02 Å². The van der Waals surface area contributed by atoms with Gasteiger partial charge in [-0.3, -0.25) is 0 Å². The summed E-state index contributed by atoms with van der Waals surface area (Å²) in [5.74, 6) is 0.283. The van der Waals surface area contributed by atoms with Gasteiger partial charge in [0.05, 0.1) is 13.7 Å². The first-order valence-electron chi connectivity index (χ1n) is 8.32. The number of allylic oxidation sites excluding steroid dienone is 1. The molecule has 2 rings (SSSR count). The molecule has 25 heavy (non-hydrogen) atoms. The second kappa shape index (κ2) is 8.45. The van der Waals surface area contributed by atoms with Crippen LogP contribution in [0.4, 0.5) is 0 Å². The molecule has 2 atom stereocenters. The van der Waals surface area contributed by atoms with Crippen LogP contribution in [-0.2, 0) is 14.3 Å². The highest BCUT2D eigenvalue weighted by atomic mass is 35.5. The van der Waals surface area contributed by atoms with Gasteiger partial charge >= 0.3 is 5.97 Å². The van der Waals surface area contributed by atoms with Gasteiger partial charge in [-0.15, -0.1) is 0 Å². The van der Waals surface area contributed by atoms with Gasteiger partial charge in [-0.05, 0) is 45.9 Å². The maximum absolute atomic E-state index is 12.3. The highest BCUT2D eigenvalue weighted by Crippen LogP contribution is 2.38. The van der Waals surface area contributed by atoms with Crippen LogP contribution in [0, 0.1) is 0 Å². The van der Waals surface area contributed by atoms with Gasteiger partial charge < -0.3 is 24.4 Å². The van der Waals surface area contributed by atoms with E-state index in [1.54, 1.807) is 26.2 Å². The molecule has 0 bridgehead atoms. The fraction of sp³-hybridized carbons (Fsp3) is 0.500. The summed E-state index contributed by atoms with van der Waals surface area (Å²) in [5, 5.41) is 3.83. The molecule has 1 aliphatic rings. The van der Waals surface area contributed by atoms with E-state index in [2.05, 4.69) is 5.32 Å². The standard InChI is InChI=1S/C18H25ClN2O4/c1-6-24-12(4)21-11(3)16(18(22)25-7-2)20-17(21)14-10-13(19)8-9-15(14)23-5/h8-10,12,17,20H,6-7H2,1-5H3. The average molecular weight is 369 g/mol. The Morgan fingerprint density at radius 3 is 2.68 bits per heavy atom. The van der Waals surface area contributed by atoms with Crippen molar-refractivity contribution in [2.75, 3.05) is 20.3 Å². The molecule has 0 spiro atoms. The monoisotopic (exact) mass is 368 g/mol. The smallest absolute Gasteiger partial charge is 0.356 e. The minimum atomic E-state index is -0.391. The van der Waals surface area contributed by atoms with E-state index in [0.29, 0.717) is 29.7 Å². The third kappa shape index (κ3) is 4.02. The lowest BCUT2D eigenvalue weighted by Gasteiger charge is -2.34. The molecule has 0 amide bonds. The number of carbonyl (C=O) groups is 1. The Kier molecular flexibility index (Phi) is 6.56. The van der Waals surface area contributed by atoms with E-state index in [0.717, 1.165) is 11.3 Å². The number of rotatable bonds is 7. The molecule has 0 fully saturated rings. The van der Waals surface area contributed by atoms with Crippen LogP contribution in [-0.4, -0.2) is 37.4 Å². The van der Waals surface area contributed by atoms with Crippen LogP contribution >= 0.6 is 11.6 Å². The van der Waals surface area contributed by atoms with Gasteiger partial charge in [0.15, 0.2) is 0 Å². The first-order chi connectivity index (χ1) is 11.9. The van der Waals surface area contributed by atoms with Gasteiger partial charge in [0, 0.05) is 22.9 Å². The van der Waals surface area contributed by atoms with Crippen LogP contribution in [0.5, 0.6) is 5.75 Å². The number of methoxy groups -OCH3 is 1. The molecule has 1 aromatic rings. The minimum Gasteiger partial charge on any atom is -0.496 e. The molecule has 0 saturated heterocycles. The zero-order valence-corrected chi connectivity index (χ0v) is 16.0. The van der Waals surface area contributed by atoms with Gasteiger partial charge in [0.1, 0.15) is 23.8 Å². The van der Waals surface area contributed by atoms with E-state index in [4.69, 9.17) is 25.8 Å². The van der Waals surface area contributed by atoms with E-state index in [-0.39, 0.29) is 12.4 Å². The third-order valence-corrected chi connectivity index (χ3v) is 4.31. The Morgan fingerprint density at radius 1 is 1.36 bits per heavy atom. The summed E-state index contributed by atoms with van der Waals surface area (Å²) < 4.78 is 16.4. The number of halogens is 1. The minimum absolute atomic E-state index is 0.252. The predicted molar refractivity (Wildman–Crippen MR) is 96.1 cm³/mol. The number of nitrogens with one attached hydrogen (secondary N) is 1. The third-order valence-electron chi connectivity index (χ3n) is 4.07. The van der Waals surface area contributed by atoms with Crippen molar-refractivity contribution in [3.63, 3.8) is 0 Å². The van der Waals surface area contributed by atoms with Crippen LogP contribution in [0.15, 0.2) is 29.6 Å². The number of esters is 1. The summed E-state index contributed by atoms with van der Waals surface area (Å²) >= 11 is 6.19. The van der Waals surface area contributed by atoms with E-state index in [1.807, 2.05) is 31.7 Å². The second-order valence-electron chi connectivity index (χ2n) is 5.58.